The lowest BCUT2D eigenvalue weighted by Gasteiger charge is -2.51. The summed E-state index contributed by atoms with van der Waals surface area (Å²) in [5.41, 5.74) is 2.90. The van der Waals surface area contributed by atoms with Crippen LogP contribution in [0, 0.1) is 10.8 Å². The number of hydrogen-bond donors (Lipinski definition) is 0. The molecule has 108 valence electrons. The molecule has 2 aromatic carbocycles. The van der Waals surface area contributed by atoms with Gasteiger partial charge in [-0.15, -0.1) is 0 Å². The molecule has 21 heavy (non-hydrogen) atoms. The molecule has 3 rings (SSSR count). The van der Waals surface area contributed by atoms with Gasteiger partial charge in [0.05, 0.1) is 0 Å². The second kappa shape index (κ2) is 4.59. The van der Waals surface area contributed by atoms with Crippen LogP contribution in [-0.2, 0) is 5.41 Å². The summed E-state index contributed by atoms with van der Waals surface area (Å²) < 4.78 is 0. The Bertz CT molecular complexity index is 585. The number of hydrogen-bond acceptors (Lipinski definition) is 0. The average molecular weight is 276 g/mol. The average Bonchev–Trinajstić information content (AvgIpc) is 2.67. The van der Waals surface area contributed by atoms with E-state index in [0.717, 1.165) is 0 Å². The Labute approximate surface area is 128 Å². The zero-order valence-corrected chi connectivity index (χ0v) is 13.4. The van der Waals surface area contributed by atoms with Crippen LogP contribution in [0.25, 0.3) is 0 Å². The van der Waals surface area contributed by atoms with Crippen LogP contribution >= 0.6 is 0 Å². The predicted molar refractivity (Wildman–Crippen MR) is 90.4 cm³/mol. The minimum atomic E-state index is -0.0392. The van der Waals surface area contributed by atoms with E-state index in [0.29, 0.717) is 0 Å². The molecule has 0 radical (unpaired) electrons. The third kappa shape index (κ3) is 1.82. The van der Waals surface area contributed by atoms with Gasteiger partial charge >= 0.3 is 0 Å². The highest BCUT2D eigenvalue weighted by Gasteiger charge is 2.58. The van der Waals surface area contributed by atoms with Crippen LogP contribution in [-0.4, -0.2) is 0 Å². The van der Waals surface area contributed by atoms with Crippen molar-refractivity contribution in [1.82, 2.24) is 0 Å². The molecule has 0 aromatic heterocycles. The van der Waals surface area contributed by atoms with Crippen LogP contribution < -0.4 is 0 Å². The second-order valence-corrected chi connectivity index (χ2v) is 7.26. The van der Waals surface area contributed by atoms with E-state index in [4.69, 9.17) is 0 Å². The zero-order valence-electron chi connectivity index (χ0n) is 13.4. The van der Waals surface area contributed by atoms with Gasteiger partial charge in [0, 0.05) is 5.41 Å². The molecule has 0 heteroatoms. The van der Waals surface area contributed by atoms with Gasteiger partial charge in [-0.3, -0.25) is 0 Å². The largest absolute Gasteiger partial charge is 0.0810 e. The van der Waals surface area contributed by atoms with Gasteiger partial charge in [0.2, 0.25) is 0 Å². The number of benzene rings is 2. The van der Waals surface area contributed by atoms with Crippen molar-refractivity contribution >= 4 is 0 Å². The molecule has 0 amide bonds. The molecule has 1 aliphatic rings. The molecule has 0 saturated heterocycles. The first kappa shape index (κ1) is 14.1. The van der Waals surface area contributed by atoms with Gasteiger partial charge in [0.15, 0.2) is 0 Å². The normalized spacial score (nSPS) is 21.3. The Balaban J connectivity index is 2.37. The SMILES string of the molecule is CC1(C)C=CC(C)(C)C1(c1ccccc1)c1ccccc1. The molecule has 0 bridgehead atoms. The summed E-state index contributed by atoms with van der Waals surface area (Å²) in [5, 5.41) is 0. The van der Waals surface area contributed by atoms with Crippen molar-refractivity contribution in [2.45, 2.75) is 33.1 Å². The van der Waals surface area contributed by atoms with Crippen molar-refractivity contribution in [3.63, 3.8) is 0 Å². The fourth-order valence-corrected chi connectivity index (χ4v) is 4.53. The minimum Gasteiger partial charge on any atom is -0.0810 e. The third-order valence-electron chi connectivity index (χ3n) is 5.26. The van der Waals surface area contributed by atoms with Gasteiger partial charge in [-0.25, -0.2) is 0 Å². The summed E-state index contributed by atoms with van der Waals surface area (Å²) in [5.74, 6) is 0. The van der Waals surface area contributed by atoms with Crippen molar-refractivity contribution < 1.29 is 0 Å². The van der Waals surface area contributed by atoms with Crippen molar-refractivity contribution in [3.8, 4) is 0 Å². The van der Waals surface area contributed by atoms with Crippen molar-refractivity contribution in [2.75, 3.05) is 0 Å². The molecule has 0 nitrogen and oxygen atoms in total. The first-order chi connectivity index (χ1) is 9.92. The highest BCUT2D eigenvalue weighted by molar-refractivity contribution is 5.50. The molecule has 0 saturated carbocycles. The van der Waals surface area contributed by atoms with E-state index >= 15 is 0 Å². The minimum absolute atomic E-state index is 0.0392. The van der Waals surface area contributed by atoms with Crippen LogP contribution in [0.5, 0.6) is 0 Å². The van der Waals surface area contributed by atoms with Gasteiger partial charge in [-0.05, 0) is 22.0 Å². The Morgan fingerprint density at radius 1 is 0.524 bits per heavy atom. The number of allylic oxidation sites excluding steroid dienone is 2. The Kier molecular flexibility index (Phi) is 3.09. The van der Waals surface area contributed by atoms with E-state index in [1.165, 1.54) is 11.1 Å². The summed E-state index contributed by atoms with van der Waals surface area (Å²) >= 11 is 0. The van der Waals surface area contributed by atoms with Gasteiger partial charge in [0.25, 0.3) is 0 Å². The van der Waals surface area contributed by atoms with Crippen LogP contribution in [0.3, 0.4) is 0 Å². The van der Waals surface area contributed by atoms with Crippen LogP contribution in [0.1, 0.15) is 38.8 Å². The van der Waals surface area contributed by atoms with E-state index in [1.54, 1.807) is 0 Å². The fraction of sp³-hybridized carbons (Fsp3) is 0.333. The molecule has 0 fully saturated rings. The van der Waals surface area contributed by atoms with E-state index in [2.05, 4.69) is 101 Å². The lowest BCUT2D eigenvalue weighted by molar-refractivity contribution is 0.168. The monoisotopic (exact) mass is 276 g/mol. The first-order valence-electron chi connectivity index (χ1n) is 7.73. The maximum atomic E-state index is 2.40. The molecule has 1 aliphatic carbocycles. The van der Waals surface area contributed by atoms with Gasteiger partial charge < -0.3 is 0 Å². The van der Waals surface area contributed by atoms with Crippen LogP contribution in [0.2, 0.25) is 0 Å². The van der Waals surface area contributed by atoms with Crippen LogP contribution in [0.4, 0.5) is 0 Å². The fourth-order valence-electron chi connectivity index (χ4n) is 4.53. The van der Waals surface area contributed by atoms with Gasteiger partial charge in [-0.1, -0.05) is 101 Å². The Hall–Kier alpha value is -1.82. The maximum absolute atomic E-state index is 2.40. The molecule has 0 spiro atoms. The Morgan fingerprint density at radius 2 is 0.857 bits per heavy atom. The smallest absolute Gasteiger partial charge is 0.0373 e. The third-order valence-corrected chi connectivity index (χ3v) is 5.26. The first-order valence-corrected chi connectivity index (χ1v) is 7.73. The van der Waals surface area contributed by atoms with Crippen molar-refractivity contribution in [3.05, 3.63) is 83.9 Å². The molecular formula is C21H24. The van der Waals surface area contributed by atoms with Gasteiger partial charge in [-0.2, -0.15) is 0 Å². The van der Waals surface area contributed by atoms with Crippen molar-refractivity contribution in [1.29, 1.82) is 0 Å². The molecule has 0 N–H and O–H groups in total. The molecule has 0 atom stereocenters. The maximum Gasteiger partial charge on any atom is 0.0373 e. The lowest BCUT2D eigenvalue weighted by atomic mass is 9.51. The highest BCUT2D eigenvalue weighted by atomic mass is 14.6. The van der Waals surface area contributed by atoms with E-state index in [-0.39, 0.29) is 16.2 Å². The predicted octanol–water partition coefficient (Wildman–Crippen LogP) is 5.59. The lowest BCUT2D eigenvalue weighted by Crippen LogP contribution is -2.48. The summed E-state index contributed by atoms with van der Waals surface area (Å²) in [7, 11) is 0. The van der Waals surface area contributed by atoms with E-state index < -0.39 is 0 Å². The van der Waals surface area contributed by atoms with Gasteiger partial charge in [0.1, 0.15) is 0 Å². The summed E-state index contributed by atoms with van der Waals surface area (Å²) in [6, 6.07) is 22.0. The van der Waals surface area contributed by atoms with E-state index in [1.807, 2.05) is 0 Å². The summed E-state index contributed by atoms with van der Waals surface area (Å²) in [6.07, 6.45) is 4.79. The van der Waals surface area contributed by atoms with Crippen molar-refractivity contribution in [2.24, 2.45) is 10.8 Å². The zero-order chi connectivity index (χ0) is 15.1. The quantitative estimate of drug-likeness (QED) is 0.627. The Morgan fingerprint density at radius 3 is 1.19 bits per heavy atom. The molecule has 0 aliphatic heterocycles. The number of rotatable bonds is 2. The molecule has 0 unspecified atom stereocenters. The molecule has 2 aromatic rings. The summed E-state index contributed by atoms with van der Waals surface area (Å²) in [6.45, 7) is 9.44. The molecular weight excluding hydrogens is 252 g/mol. The van der Waals surface area contributed by atoms with E-state index in [9.17, 15) is 0 Å². The van der Waals surface area contributed by atoms with Crippen LogP contribution in [0.15, 0.2) is 72.8 Å². The highest BCUT2D eigenvalue weighted by Crippen LogP contribution is 2.62. The molecule has 0 heterocycles. The second-order valence-electron chi connectivity index (χ2n) is 7.26. The summed E-state index contributed by atoms with van der Waals surface area (Å²) in [4.78, 5) is 0. The topological polar surface area (TPSA) is 0 Å². The standard InChI is InChI=1S/C21H24/c1-19(2)15-16-20(3,4)21(19,17-11-7-5-8-12-17)18-13-9-6-10-14-18/h5-16H,1-4H3.